The highest BCUT2D eigenvalue weighted by Crippen LogP contribution is 2.40. The molecule has 145 valence electrons. The molecular weight excluding hydrogens is 360 g/mol. The lowest BCUT2D eigenvalue weighted by Gasteiger charge is -2.13. The number of hydrogen-bond acceptors (Lipinski definition) is 0. The largest absolute Gasteiger partial charge is 0.0622 e. The molecule has 4 aromatic carbocycles. The fraction of sp³-hybridized carbons (Fsp3) is 0.100. The van der Waals surface area contributed by atoms with Crippen molar-refractivity contribution >= 4 is 6.08 Å². The Morgan fingerprint density at radius 3 is 1.67 bits per heavy atom. The summed E-state index contributed by atoms with van der Waals surface area (Å²) in [7, 11) is 0. The second kappa shape index (κ2) is 7.80. The van der Waals surface area contributed by atoms with Crippen LogP contribution in [0.2, 0.25) is 0 Å². The van der Waals surface area contributed by atoms with Gasteiger partial charge in [-0.2, -0.15) is 0 Å². The molecular formula is C30H25. The van der Waals surface area contributed by atoms with Gasteiger partial charge in [0, 0.05) is 6.42 Å². The lowest BCUT2D eigenvalue weighted by molar-refractivity contribution is 0.789. The van der Waals surface area contributed by atoms with Crippen LogP contribution in [0.1, 0.15) is 25.0 Å². The zero-order valence-corrected chi connectivity index (χ0v) is 17.5. The van der Waals surface area contributed by atoms with Crippen molar-refractivity contribution in [3.05, 3.63) is 120 Å². The third-order valence-corrected chi connectivity index (χ3v) is 5.90. The average molecular weight is 386 g/mol. The highest BCUT2D eigenvalue weighted by atomic mass is 14.2. The van der Waals surface area contributed by atoms with Crippen molar-refractivity contribution in [1.29, 1.82) is 0 Å². The molecule has 0 unspecified atom stereocenters. The van der Waals surface area contributed by atoms with Gasteiger partial charge in [-0.1, -0.05) is 104 Å². The van der Waals surface area contributed by atoms with Crippen LogP contribution >= 0.6 is 0 Å². The first-order valence-electron chi connectivity index (χ1n) is 10.6. The van der Waals surface area contributed by atoms with Crippen LogP contribution in [-0.2, 0) is 0 Å². The Kier molecular flexibility index (Phi) is 4.85. The van der Waals surface area contributed by atoms with Crippen LogP contribution in [-0.4, -0.2) is 0 Å². The molecule has 0 heterocycles. The van der Waals surface area contributed by atoms with Crippen LogP contribution in [0, 0.1) is 12.3 Å². The fourth-order valence-corrected chi connectivity index (χ4v) is 4.22. The average Bonchev–Trinajstić information content (AvgIpc) is 3.25. The van der Waals surface area contributed by atoms with Gasteiger partial charge in [-0.25, -0.2) is 0 Å². The van der Waals surface area contributed by atoms with Crippen molar-refractivity contribution in [1.82, 2.24) is 0 Å². The van der Waals surface area contributed by atoms with E-state index in [4.69, 9.17) is 0 Å². The Bertz CT molecular complexity index is 1150. The van der Waals surface area contributed by atoms with E-state index in [9.17, 15) is 0 Å². The zero-order valence-electron chi connectivity index (χ0n) is 17.5. The van der Waals surface area contributed by atoms with Crippen LogP contribution in [0.3, 0.4) is 0 Å². The normalized spacial score (nSPS) is 12.7. The molecule has 1 aliphatic carbocycles. The number of benzene rings is 4. The van der Waals surface area contributed by atoms with Gasteiger partial charge >= 0.3 is 0 Å². The summed E-state index contributed by atoms with van der Waals surface area (Å²) < 4.78 is 0. The SMILES string of the molecule is CC(C)C1=Cc2c(cccc2-c2cc(-c3ccccc3)cc(-c3ccccc3)c2)[CH]1. The second-order valence-corrected chi connectivity index (χ2v) is 8.28. The van der Waals surface area contributed by atoms with E-state index in [1.54, 1.807) is 0 Å². The molecule has 0 heteroatoms. The fourth-order valence-electron chi connectivity index (χ4n) is 4.22. The molecule has 0 nitrogen and oxygen atoms in total. The minimum Gasteiger partial charge on any atom is -0.0622 e. The van der Waals surface area contributed by atoms with Crippen LogP contribution in [0.25, 0.3) is 39.5 Å². The van der Waals surface area contributed by atoms with Gasteiger partial charge in [-0.3, -0.25) is 0 Å². The van der Waals surface area contributed by atoms with Crippen molar-refractivity contribution in [2.24, 2.45) is 5.92 Å². The molecule has 0 saturated carbocycles. The summed E-state index contributed by atoms with van der Waals surface area (Å²) in [6, 6.07) is 35.0. The van der Waals surface area contributed by atoms with E-state index in [1.165, 1.54) is 50.1 Å². The van der Waals surface area contributed by atoms with Gasteiger partial charge in [-0.15, -0.1) is 0 Å². The molecule has 0 fully saturated rings. The molecule has 0 aliphatic heterocycles. The standard InChI is InChI=1S/C30H25/c1-21(2)25-16-24-14-9-15-29(30(24)20-25)28-18-26(22-10-5-3-6-11-22)17-27(19-28)23-12-7-4-8-13-23/h3-21H,1-2H3. The molecule has 0 amide bonds. The molecule has 0 saturated heterocycles. The molecule has 5 rings (SSSR count). The van der Waals surface area contributed by atoms with E-state index in [1.807, 2.05) is 0 Å². The number of rotatable bonds is 4. The molecule has 4 aromatic rings. The molecule has 0 N–H and O–H groups in total. The summed E-state index contributed by atoms with van der Waals surface area (Å²) in [5, 5.41) is 0. The van der Waals surface area contributed by atoms with E-state index < -0.39 is 0 Å². The maximum absolute atomic E-state index is 2.37. The first-order valence-corrected chi connectivity index (χ1v) is 10.6. The van der Waals surface area contributed by atoms with Gasteiger partial charge in [0.05, 0.1) is 0 Å². The molecule has 0 bridgehead atoms. The lowest BCUT2D eigenvalue weighted by atomic mass is 9.91. The van der Waals surface area contributed by atoms with E-state index in [2.05, 4.69) is 123 Å². The number of fused-ring (bicyclic) bond motifs is 1. The van der Waals surface area contributed by atoms with Crippen LogP contribution in [0.4, 0.5) is 0 Å². The number of hydrogen-bond donors (Lipinski definition) is 0. The third-order valence-electron chi connectivity index (χ3n) is 5.90. The third kappa shape index (κ3) is 3.50. The van der Waals surface area contributed by atoms with Crippen LogP contribution in [0.5, 0.6) is 0 Å². The highest BCUT2D eigenvalue weighted by Gasteiger charge is 2.19. The smallest absolute Gasteiger partial charge is 0.0167 e. The summed E-state index contributed by atoms with van der Waals surface area (Å²) in [6.45, 7) is 4.52. The Balaban J connectivity index is 1.71. The summed E-state index contributed by atoms with van der Waals surface area (Å²) in [6.07, 6.45) is 4.70. The Morgan fingerprint density at radius 2 is 1.10 bits per heavy atom. The first-order chi connectivity index (χ1) is 14.7. The maximum Gasteiger partial charge on any atom is 0.0167 e. The minimum absolute atomic E-state index is 0.529. The topological polar surface area (TPSA) is 0 Å². The van der Waals surface area contributed by atoms with E-state index >= 15 is 0 Å². The van der Waals surface area contributed by atoms with Gasteiger partial charge in [-0.05, 0) is 68.6 Å². The summed E-state index contributed by atoms with van der Waals surface area (Å²) in [5.41, 5.74) is 11.6. The van der Waals surface area contributed by atoms with Crippen LogP contribution < -0.4 is 0 Å². The minimum atomic E-state index is 0.529. The highest BCUT2D eigenvalue weighted by molar-refractivity contribution is 5.87. The van der Waals surface area contributed by atoms with Crippen molar-refractivity contribution in [2.45, 2.75) is 13.8 Å². The molecule has 1 aliphatic rings. The van der Waals surface area contributed by atoms with Gasteiger partial charge in [0.25, 0.3) is 0 Å². The number of allylic oxidation sites excluding steroid dienone is 1. The van der Waals surface area contributed by atoms with E-state index in [0.29, 0.717) is 5.92 Å². The molecule has 0 aromatic heterocycles. The van der Waals surface area contributed by atoms with Gasteiger partial charge in [0.2, 0.25) is 0 Å². The van der Waals surface area contributed by atoms with Gasteiger partial charge < -0.3 is 0 Å². The van der Waals surface area contributed by atoms with Crippen molar-refractivity contribution in [3.63, 3.8) is 0 Å². The second-order valence-electron chi connectivity index (χ2n) is 8.28. The van der Waals surface area contributed by atoms with E-state index in [0.717, 1.165) is 0 Å². The predicted molar refractivity (Wildman–Crippen MR) is 129 cm³/mol. The zero-order chi connectivity index (χ0) is 20.5. The lowest BCUT2D eigenvalue weighted by Crippen LogP contribution is -1.91. The van der Waals surface area contributed by atoms with Crippen molar-refractivity contribution in [2.75, 3.05) is 0 Å². The molecule has 0 spiro atoms. The van der Waals surface area contributed by atoms with Gasteiger partial charge in [0.15, 0.2) is 0 Å². The quantitative estimate of drug-likeness (QED) is 0.331. The van der Waals surface area contributed by atoms with Crippen molar-refractivity contribution in [3.8, 4) is 33.4 Å². The summed E-state index contributed by atoms with van der Waals surface area (Å²) >= 11 is 0. The Hall–Kier alpha value is -3.38. The molecule has 30 heavy (non-hydrogen) atoms. The van der Waals surface area contributed by atoms with E-state index in [-0.39, 0.29) is 0 Å². The van der Waals surface area contributed by atoms with Crippen molar-refractivity contribution < 1.29 is 0 Å². The Morgan fingerprint density at radius 1 is 0.533 bits per heavy atom. The Labute approximate surface area is 179 Å². The monoisotopic (exact) mass is 385 g/mol. The van der Waals surface area contributed by atoms with Gasteiger partial charge in [0.1, 0.15) is 0 Å². The summed E-state index contributed by atoms with van der Waals surface area (Å²) in [4.78, 5) is 0. The maximum atomic E-state index is 2.37. The van der Waals surface area contributed by atoms with Crippen LogP contribution in [0.15, 0.2) is 103 Å². The summed E-state index contributed by atoms with van der Waals surface area (Å²) in [5.74, 6) is 0.529. The predicted octanol–water partition coefficient (Wildman–Crippen LogP) is 8.29. The molecule has 0 atom stereocenters. The molecule has 1 radical (unpaired) electrons. The first kappa shape index (κ1) is 18.6.